The molecule has 0 aromatic heterocycles. The summed E-state index contributed by atoms with van der Waals surface area (Å²) in [5.74, 6) is -0.792. The number of aryl methyl sites for hydroxylation is 1. The van der Waals surface area contributed by atoms with Gasteiger partial charge in [-0.05, 0) is 48.7 Å². The molecule has 0 aliphatic rings. The minimum atomic E-state index is -3.68. The summed E-state index contributed by atoms with van der Waals surface area (Å²) in [5.41, 5.74) is 2.36. The minimum absolute atomic E-state index is 0.158. The van der Waals surface area contributed by atoms with Crippen LogP contribution in [0.4, 0.5) is 5.69 Å². The van der Waals surface area contributed by atoms with E-state index in [0.29, 0.717) is 12.1 Å². The summed E-state index contributed by atoms with van der Waals surface area (Å²) in [7, 11) is -2.40. The van der Waals surface area contributed by atoms with Crippen LogP contribution in [0, 0.1) is 0 Å². The van der Waals surface area contributed by atoms with E-state index in [1.807, 2.05) is 30.3 Å². The minimum Gasteiger partial charge on any atom is -0.465 e. The fraction of sp³-hybridized carbons (Fsp3) is 0.200. The van der Waals surface area contributed by atoms with Crippen LogP contribution < -0.4 is 10.0 Å². The van der Waals surface area contributed by atoms with E-state index in [1.165, 1.54) is 19.2 Å². The maximum absolute atomic E-state index is 12.7. The van der Waals surface area contributed by atoms with Crippen molar-refractivity contribution in [2.24, 2.45) is 0 Å². The smallest absolute Gasteiger partial charge is 0.339 e. The summed E-state index contributed by atoms with van der Waals surface area (Å²) in [6.07, 6.45) is 0.589. The predicted molar refractivity (Wildman–Crippen MR) is 126 cm³/mol. The van der Waals surface area contributed by atoms with Gasteiger partial charge in [-0.25, -0.2) is 17.9 Å². The lowest BCUT2D eigenvalue weighted by molar-refractivity contribution is -0.116. The van der Waals surface area contributed by atoms with Gasteiger partial charge in [0.2, 0.25) is 15.9 Å². The molecule has 0 radical (unpaired) electrons. The standard InChI is InChI=1S/C25H26N2O5S/c1-18(20-8-4-3-5-9-20)27-33(30,31)21-15-12-19(13-16-21)14-17-24(28)26-23-11-7-6-10-22(23)25(29)32-2/h3-13,15-16,18,27H,14,17H2,1-2H3,(H,26,28). The van der Waals surface area contributed by atoms with Gasteiger partial charge in [0, 0.05) is 12.5 Å². The quantitative estimate of drug-likeness (QED) is 0.463. The molecule has 0 fully saturated rings. The molecule has 8 heteroatoms. The largest absolute Gasteiger partial charge is 0.465 e. The third kappa shape index (κ3) is 6.50. The predicted octanol–water partition coefficient (Wildman–Crippen LogP) is 4.08. The second-order valence-electron chi connectivity index (χ2n) is 7.48. The highest BCUT2D eigenvalue weighted by Crippen LogP contribution is 2.19. The Hall–Kier alpha value is -3.49. The first kappa shape index (κ1) is 24.2. The SMILES string of the molecule is COC(=O)c1ccccc1NC(=O)CCc1ccc(S(=O)(=O)NC(C)c2ccccc2)cc1. The Morgan fingerprint density at radius 1 is 0.909 bits per heavy atom. The number of sulfonamides is 1. The summed E-state index contributed by atoms with van der Waals surface area (Å²) in [4.78, 5) is 24.3. The molecule has 0 saturated heterocycles. The molecule has 0 spiro atoms. The molecule has 3 rings (SSSR count). The number of hydrogen-bond donors (Lipinski definition) is 2. The van der Waals surface area contributed by atoms with Gasteiger partial charge in [-0.15, -0.1) is 0 Å². The van der Waals surface area contributed by atoms with E-state index in [4.69, 9.17) is 4.74 Å². The van der Waals surface area contributed by atoms with Crippen molar-refractivity contribution in [1.82, 2.24) is 4.72 Å². The lowest BCUT2D eigenvalue weighted by atomic mass is 10.1. The fourth-order valence-corrected chi connectivity index (χ4v) is 4.53. The first-order chi connectivity index (χ1) is 15.8. The maximum atomic E-state index is 12.7. The molecule has 3 aromatic carbocycles. The van der Waals surface area contributed by atoms with E-state index in [-0.39, 0.29) is 28.8 Å². The number of amides is 1. The molecule has 172 valence electrons. The lowest BCUT2D eigenvalue weighted by Crippen LogP contribution is -2.26. The highest BCUT2D eigenvalue weighted by molar-refractivity contribution is 7.89. The molecule has 1 amide bonds. The van der Waals surface area contributed by atoms with Crippen LogP contribution in [0.3, 0.4) is 0 Å². The van der Waals surface area contributed by atoms with Gasteiger partial charge in [0.25, 0.3) is 0 Å². The first-order valence-electron chi connectivity index (χ1n) is 10.4. The van der Waals surface area contributed by atoms with Gasteiger partial charge in [0.15, 0.2) is 0 Å². The number of rotatable bonds is 9. The molecular formula is C25H26N2O5S. The number of carbonyl (C=O) groups excluding carboxylic acids is 2. The number of esters is 1. The third-order valence-corrected chi connectivity index (χ3v) is 6.67. The highest BCUT2D eigenvalue weighted by atomic mass is 32.2. The van der Waals surface area contributed by atoms with Crippen LogP contribution in [0.2, 0.25) is 0 Å². The highest BCUT2D eigenvalue weighted by Gasteiger charge is 2.18. The number of carbonyl (C=O) groups is 2. The van der Waals surface area contributed by atoms with Crippen molar-refractivity contribution in [2.45, 2.75) is 30.7 Å². The molecule has 0 aliphatic heterocycles. The van der Waals surface area contributed by atoms with Gasteiger partial charge >= 0.3 is 5.97 Å². The number of nitrogens with one attached hydrogen (secondary N) is 2. The molecule has 0 aliphatic carbocycles. The third-order valence-electron chi connectivity index (χ3n) is 5.11. The number of anilines is 1. The maximum Gasteiger partial charge on any atom is 0.339 e. The van der Waals surface area contributed by atoms with Crippen LogP contribution >= 0.6 is 0 Å². The zero-order valence-corrected chi connectivity index (χ0v) is 19.3. The Bertz CT molecular complexity index is 1210. The zero-order chi connectivity index (χ0) is 23.8. The average molecular weight is 467 g/mol. The van der Waals surface area contributed by atoms with E-state index >= 15 is 0 Å². The monoisotopic (exact) mass is 466 g/mol. The van der Waals surface area contributed by atoms with Crippen LogP contribution in [-0.2, 0) is 26.0 Å². The lowest BCUT2D eigenvalue weighted by Gasteiger charge is -2.15. The van der Waals surface area contributed by atoms with Crippen LogP contribution in [0.5, 0.6) is 0 Å². The number of hydrogen-bond acceptors (Lipinski definition) is 5. The van der Waals surface area contributed by atoms with Gasteiger partial charge < -0.3 is 10.1 Å². The first-order valence-corrected chi connectivity index (χ1v) is 11.9. The van der Waals surface area contributed by atoms with Crippen molar-refractivity contribution in [3.8, 4) is 0 Å². The van der Waals surface area contributed by atoms with Gasteiger partial charge in [0.05, 0.1) is 23.3 Å². The molecule has 1 unspecified atom stereocenters. The summed E-state index contributed by atoms with van der Waals surface area (Å²) >= 11 is 0. The normalized spacial score (nSPS) is 12.1. The molecule has 7 nitrogen and oxygen atoms in total. The van der Waals surface area contributed by atoms with Crippen LogP contribution in [0.1, 0.15) is 40.9 Å². The van der Waals surface area contributed by atoms with Crippen molar-refractivity contribution in [3.05, 3.63) is 95.6 Å². The molecule has 2 N–H and O–H groups in total. The Kier molecular flexibility index (Phi) is 7.97. The van der Waals surface area contributed by atoms with E-state index in [2.05, 4.69) is 10.0 Å². The second-order valence-corrected chi connectivity index (χ2v) is 9.20. The zero-order valence-electron chi connectivity index (χ0n) is 18.4. The number of ether oxygens (including phenoxy) is 1. The molecule has 0 heterocycles. The van der Waals surface area contributed by atoms with Crippen molar-refractivity contribution in [1.29, 1.82) is 0 Å². The van der Waals surface area contributed by atoms with Gasteiger partial charge in [-0.2, -0.15) is 0 Å². The van der Waals surface area contributed by atoms with Gasteiger partial charge in [-0.3, -0.25) is 4.79 Å². The van der Waals surface area contributed by atoms with Crippen molar-refractivity contribution in [3.63, 3.8) is 0 Å². The summed E-state index contributed by atoms with van der Waals surface area (Å²) in [6.45, 7) is 1.79. The Morgan fingerprint density at radius 2 is 1.55 bits per heavy atom. The number of methoxy groups -OCH3 is 1. The summed E-state index contributed by atoms with van der Waals surface area (Å²) in [6, 6.07) is 22.0. The second kappa shape index (κ2) is 10.9. The topological polar surface area (TPSA) is 102 Å². The summed E-state index contributed by atoms with van der Waals surface area (Å²) in [5, 5.41) is 2.72. The Labute approximate surface area is 193 Å². The van der Waals surface area contributed by atoms with Crippen LogP contribution in [0.15, 0.2) is 83.8 Å². The summed E-state index contributed by atoms with van der Waals surface area (Å²) < 4.78 is 32.8. The van der Waals surface area contributed by atoms with E-state index < -0.39 is 16.0 Å². The van der Waals surface area contributed by atoms with Gasteiger partial charge in [0.1, 0.15) is 0 Å². The van der Waals surface area contributed by atoms with Crippen LogP contribution in [-0.4, -0.2) is 27.4 Å². The molecule has 0 saturated carbocycles. The molecular weight excluding hydrogens is 440 g/mol. The molecule has 0 bridgehead atoms. The number of para-hydroxylation sites is 1. The van der Waals surface area contributed by atoms with Gasteiger partial charge in [-0.1, -0.05) is 54.6 Å². The van der Waals surface area contributed by atoms with E-state index in [1.54, 1.807) is 43.3 Å². The molecule has 1 atom stereocenters. The Balaban J connectivity index is 1.58. The van der Waals surface area contributed by atoms with Crippen molar-refractivity contribution >= 4 is 27.6 Å². The van der Waals surface area contributed by atoms with Crippen molar-refractivity contribution < 1.29 is 22.7 Å². The van der Waals surface area contributed by atoms with Crippen molar-refractivity contribution in [2.75, 3.05) is 12.4 Å². The van der Waals surface area contributed by atoms with Crippen LogP contribution in [0.25, 0.3) is 0 Å². The Morgan fingerprint density at radius 3 is 2.21 bits per heavy atom. The fourth-order valence-electron chi connectivity index (χ4n) is 3.30. The van der Waals surface area contributed by atoms with E-state index in [0.717, 1.165) is 11.1 Å². The average Bonchev–Trinajstić information content (AvgIpc) is 2.83. The van der Waals surface area contributed by atoms with E-state index in [9.17, 15) is 18.0 Å². The number of benzene rings is 3. The molecule has 33 heavy (non-hydrogen) atoms. The molecule has 3 aromatic rings.